The molecule has 0 aliphatic heterocycles. The zero-order chi connectivity index (χ0) is 18.9. The summed E-state index contributed by atoms with van der Waals surface area (Å²) in [4.78, 5) is 12.1. The third kappa shape index (κ3) is 4.18. The molecule has 10 heteroatoms. The fourth-order valence-corrected chi connectivity index (χ4v) is 4.69. The van der Waals surface area contributed by atoms with Crippen molar-refractivity contribution in [2.45, 2.75) is 12.2 Å². The second-order valence-electron chi connectivity index (χ2n) is 5.21. The standard InChI is InChI=1S/C15H15Br2NO6S/c1-3-24-15(21)13(25(2,22)23)11-7-12(19)18(14(11)20)10-5-8(16)4-9(17)6-10/h4-7,13,19-20H,3H2,1-2H3. The van der Waals surface area contributed by atoms with Crippen molar-refractivity contribution >= 4 is 47.7 Å². The molecule has 0 aliphatic rings. The van der Waals surface area contributed by atoms with Gasteiger partial charge in [0.05, 0.1) is 12.3 Å². The van der Waals surface area contributed by atoms with E-state index in [1.54, 1.807) is 25.1 Å². The lowest BCUT2D eigenvalue weighted by Gasteiger charge is -2.14. The van der Waals surface area contributed by atoms with Gasteiger partial charge in [-0.3, -0.25) is 9.36 Å². The Kier molecular flexibility index (Phi) is 5.85. The van der Waals surface area contributed by atoms with Crippen molar-refractivity contribution in [2.24, 2.45) is 0 Å². The number of aromatic nitrogens is 1. The number of benzene rings is 1. The number of aromatic hydroxyl groups is 2. The van der Waals surface area contributed by atoms with E-state index in [1.807, 2.05) is 0 Å². The van der Waals surface area contributed by atoms with E-state index >= 15 is 0 Å². The van der Waals surface area contributed by atoms with Crippen LogP contribution in [0.15, 0.2) is 33.2 Å². The first-order valence-corrected chi connectivity index (χ1v) is 10.6. The first-order chi connectivity index (χ1) is 11.6. The lowest BCUT2D eigenvalue weighted by Crippen LogP contribution is -2.23. The lowest BCUT2D eigenvalue weighted by molar-refractivity contribution is -0.142. The van der Waals surface area contributed by atoms with E-state index in [4.69, 9.17) is 4.74 Å². The summed E-state index contributed by atoms with van der Waals surface area (Å²) in [7, 11) is -3.94. The Labute approximate surface area is 161 Å². The van der Waals surface area contributed by atoms with Crippen LogP contribution in [0.3, 0.4) is 0 Å². The fourth-order valence-electron chi connectivity index (χ4n) is 2.37. The van der Waals surface area contributed by atoms with Crippen LogP contribution < -0.4 is 0 Å². The van der Waals surface area contributed by atoms with Crippen LogP contribution in [0.25, 0.3) is 5.69 Å². The Balaban J connectivity index is 2.66. The van der Waals surface area contributed by atoms with Crippen LogP contribution in [-0.2, 0) is 19.4 Å². The molecule has 7 nitrogen and oxygen atoms in total. The van der Waals surface area contributed by atoms with Gasteiger partial charge in [0.25, 0.3) is 0 Å². The molecule has 1 atom stereocenters. The minimum atomic E-state index is -3.94. The van der Waals surface area contributed by atoms with Crippen LogP contribution >= 0.6 is 31.9 Å². The lowest BCUT2D eigenvalue weighted by atomic mass is 10.2. The molecule has 25 heavy (non-hydrogen) atoms. The Bertz CT molecular complexity index is 902. The Morgan fingerprint density at radius 2 is 1.76 bits per heavy atom. The van der Waals surface area contributed by atoms with Crippen molar-refractivity contribution in [1.82, 2.24) is 4.57 Å². The number of carbonyl (C=O) groups excluding carboxylic acids is 1. The number of rotatable bonds is 5. The highest BCUT2D eigenvalue weighted by Crippen LogP contribution is 2.39. The summed E-state index contributed by atoms with van der Waals surface area (Å²) < 4.78 is 31.2. The predicted molar refractivity (Wildman–Crippen MR) is 98.7 cm³/mol. The molecule has 2 aromatic rings. The number of hydrogen-bond donors (Lipinski definition) is 2. The van der Waals surface area contributed by atoms with Gasteiger partial charge in [-0.1, -0.05) is 31.9 Å². The van der Waals surface area contributed by atoms with Crippen molar-refractivity contribution in [2.75, 3.05) is 12.9 Å². The maximum absolute atomic E-state index is 12.1. The molecule has 136 valence electrons. The van der Waals surface area contributed by atoms with Crippen LogP contribution in [0.2, 0.25) is 0 Å². The summed E-state index contributed by atoms with van der Waals surface area (Å²) in [5.74, 6) is -2.01. The van der Waals surface area contributed by atoms with E-state index in [2.05, 4.69) is 31.9 Å². The average molecular weight is 497 g/mol. The molecule has 2 rings (SSSR count). The minimum Gasteiger partial charge on any atom is -0.494 e. The summed E-state index contributed by atoms with van der Waals surface area (Å²) in [6.07, 6.45) is 0.859. The number of hydrogen-bond acceptors (Lipinski definition) is 6. The van der Waals surface area contributed by atoms with E-state index in [-0.39, 0.29) is 12.2 Å². The summed E-state index contributed by atoms with van der Waals surface area (Å²) in [5, 5.41) is 19.0. The molecule has 0 saturated carbocycles. The molecule has 0 aliphatic carbocycles. The minimum absolute atomic E-state index is 0.0170. The van der Waals surface area contributed by atoms with E-state index in [0.717, 1.165) is 16.9 Å². The normalized spacial score (nSPS) is 12.8. The molecule has 1 heterocycles. The molecule has 0 spiro atoms. The zero-order valence-corrected chi connectivity index (χ0v) is 17.2. The highest BCUT2D eigenvalue weighted by atomic mass is 79.9. The molecule has 0 fully saturated rings. The largest absolute Gasteiger partial charge is 0.494 e. The summed E-state index contributed by atoms with van der Waals surface area (Å²) in [6.45, 7) is 1.52. The third-order valence-corrected chi connectivity index (χ3v) is 5.52. The van der Waals surface area contributed by atoms with E-state index in [9.17, 15) is 23.4 Å². The first-order valence-electron chi connectivity index (χ1n) is 7.01. The topological polar surface area (TPSA) is 106 Å². The van der Waals surface area contributed by atoms with Crippen LogP contribution in [0.1, 0.15) is 17.7 Å². The van der Waals surface area contributed by atoms with Crippen LogP contribution in [0.4, 0.5) is 0 Å². The number of sulfone groups is 1. The van der Waals surface area contributed by atoms with E-state index in [1.165, 1.54) is 0 Å². The zero-order valence-electron chi connectivity index (χ0n) is 13.2. The molecular formula is C15H15Br2NO6S. The Morgan fingerprint density at radius 3 is 2.24 bits per heavy atom. The molecule has 0 radical (unpaired) electrons. The molecule has 2 N–H and O–H groups in total. The van der Waals surface area contributed by atoms with Gasteiger partial charge in [-0.2, -0.15) is 0 Å². The van der Waals surface area contributed by atoms with Gasteiger partial charge in [0.15, 0.2) is 21.0 Å². The predicted octanol–water partition coefficient (Wildman–Crippen LogP) is 3.06. The van der Waals surface area contributed by atoms with Crippen molar-refractivity contribution in [3.63, 3.8) is 0 Å². The second-order valence-corrected chi connectivity index (χ2v) is 9.17. The van der Waals surface area contributed by atoms with Gasteiger partial charge in [-0.15, -0.1) is 0 Å². The number of carbonyl (C=O) groups is 1. The highest BCUT2D eigenvalue weighted by molar-refractivity contribution is 9.11. The van der Waals surface area contributed by atoms with Crippen molar-refractivity contribution in [3.05, 3.63) is 38.8 Å². The SMILES string of the molecule is CCOC(=O)C(c1cc(O)n(-c2cc(Br)cc(Br)c2)c1O)S(C)(=O)=O. The second kappa shape index (κ2) is 7.38. The van der Waals surface area contributed by atoms with Crippen LogP contribution in [0.5, 0.6) is 11.8 Å². The number of halogens is 2. The Morgan fingerprint density at radius 1 is 1.20 bits per heavy atom. The van der Waals surface area contributed by atoms with Gasteiger partial charge in [0, 0.05) is 26.8 Å². The van der Waals surface area contributed by atoms with Crippen molar-refractivity contribution in [3.8, 4) is 17.4 Å². The van der Waals surface area contributed by atoms with Gasteiger partial charge in [-0.25, -0.2) is 8.42 Å². The molecule has 1 aromatic heterocycles. The third-order valence-electron chi connectivity index (χ3n) is 3.30. The van der Waals surface area contributed by atoms with Gasteiger partial charge in [-0.05, 0) is 25.1 Å². The van der Waals surface area contributed by atoms with Gasteiger partial charge < -0.3 is 14.9 Å². The molecule has 0 amide bonds. The molecule has 0 bridgehead atoms. The summed E-state index contributed by atoms with van der Waals surface area (Å²) in [6, 6.07) is 5.99. The molecule has 1 aromatic carbocycles. The average Bonchev–Trinajstić information content (AvgIpc) is 2.71. The van der Waals surface area contributed by atoms with Crippen molar-refractivity contribution in [1.29, 1.82) is 0 Å². The monoisotopic (exact) mass is 495 g/mol. The van der Waals surface area contributed by atoms with Gasteiger partial charge in [0.2, 0.25) is 5.88 Å². The number of nitrogens with zero attached hydrogens (tertiary/aromatic N) is 1. The van der Waals surface area contributed by atoms with Crippen LogP contribution in [0, 0.1) is 0 Å². The number of ether oxygens (including phenoxy) is 1. The smallest absolute Gasteiger partial charge is 0.329 e. The van der Waals surface area contributed by atoms with Gasteiger partial charge >= 0.3 is 5.97 Å². The maximum Gasteiger partial charge on any atom is 0.329 e. The van der Waals surface area contributed by atoms with E-state index < -0.39 is 32.8 Å². The summed E-state index contributed by atoms with van der Waals surface area (Å²) >= 11 is 6.59. The van der Waals surface area contributed by atoms with Crippen LogP contribution in [-0.4, -0.2) is 42.0 Å². The quantitative estimate of drug-likeness (QED) is 0.616. The maximum atomic E-state index is 12.1. The number of esters is 1. The first kappa shape index (κ1) is 19.8. The molecule has 0 saturated heterocycles. The molecule has 1 unspecified atom stereocenters. The molecular weight excluding hydrogens is 482 g/mol. The van der Waals surface area contributed by atoms with E-state index in [0.29, 0.717) is 14.6 Å². The van der Waals surface area contributed by atoms with Crippen molar-refractivity contribution < 1.29 is 28.2 Å². The fraction of sp³-hybridized carbons (Fsp3) is 0.267. The summed E-state index contributed by atoms with van der Waals surface area (Å²) in [5.41, 5.74) is 0.105. The highest BCUT2D eigenvalue weighted by Gasteiger charge is 2.37. The van der Waals surface area contributed by atoms with Gasteiger partial charge in [0.1, 0.15) is 0 Å². The Hall–Kier alpha value is -1.52.